The Morgan fingerprint density at radius 1 is 1.22 bits per heavy atom. The molecule has 1 N–H and O–H groups in total. The van der Waals surface area contributed by atoms with Crippen molar-refractivity contribution in [2.24, 2.45) is 5.92 Å². The molecular formula is C12H25N3O2S. The number of hydrogen-bond acceptors (Lipinski definition) is 3. The molecular weight excluding hydrogens is 250 g/mol. The molecule has 2 aliphatic heterocycles. The van der Waals surface area contributed by atoms with Crippen LogP contribution in [0.25, 0.3) is 0 Å². The summed E-state index contributed by atoms with van der Waals surface area (Å²) in [5, 5.41) is 3.10. The predicted octanol–water partition coefficient (Wildman–Crippen LogP) is 0.647. The van der Waals surface area contributed by atoms with E-state index in [1.54, 1.807) is 8.61 Å². The molecule has 0 aromatic rings. The van der Waals surface area contributed by atoms with Crippen molar-refractivity contribution in [3.63, 3.8) is 0 Å². The summed E-state index contributed by atoms with van der Waals surface area (Å²) >= 11 is 0. The highest BCUT2D eigenvalue weighted by atomic mass is 32.2. The Morgan fingerprint density at radius 3 is 2.61 bits per heavy atom. The molecule has 0 aliphatic carbocycles. The number of nitrogens with zero attached hydrogens (tertiary/aromatic N) is 2. The van der Waals surface area contributed by atoms with Crippen molar-refractivity contribution in [2.45, 2.75) is 38.6 Å². The van der Waals surface area contributed by atoms with Crippen LogP contribution in [0.4, 0.5) is 0 Å². The molecule has 2 saturated heterocycles. The first-order valence-corrected chi connectivity index (χ1v) is 8.37. The fourth-order valence-electron chi connectivity index (χ4n) is 3.06. The molecule has 0 aromatic carbocycles. The summed E-state index contributed by atoms with van der Waals surface area (Å²) < 4.78 is 28.7. The fraction of sp³-hybridized carbons (Fsp3) is 1.00. The SMILES string of the molecule is CNC[C@@H]1CCCN1S(=O)(=O)N1CCC[C@@H](C)C1. The van der Waals surface area contributed by atoms with E-state index in [2.05, 4.69) is 12.2 Å². The summed E-state index contributed by atoms with van der Waals surface area (Å²) in [6.07, 6.45) is 4.09. The van der Waals surface area contributed by atoms with Crippen LogP contribution in [0.2, 0.25) is 0 Å². The van der Waals surface area contributed by atoms with E-state index in [4.69, 9.17) is 0 Å². The first-order chi connectivity index (χ1) is 8.55. The van der Waals surface area contributed by atoms with Crippen molar-refractivity contribution in [1.82, 2.24) is 13.9 Å². The highest BCUT2D eigenvalue weighted by Crippen LogP contribution is 2.26. The van der Waals surface area contributed by atoms with Crippen molar-refractivity contribution < 1.29 is 8.42 Å². The van der Waals surface area contributed by atoms with Crippen molar-refractivity contribution in [2.75, 3.05) is 33.2 Å². The lowest BCUT2D eigenvalue weighted by atomic mass is 10.0. The van der Waals surface area contributed by atoms with Gasteiger partial charge in [-0.2, -0.15) is 17.0 Å². The first-order valence-electron chi connectivity index (χ1n) is 6.97. The molecule has 2 heterocycles. The van der Waals surface area contributed by atoms with Gasteiger partial charge in [-0.3, -0.25) is 0 Å². The molecule has 2 rings (SSSR count). The molecule has 0 aromatic heterocycles. The Morgan fingerprint density at radius 2 is 1.94 bits per heavy atom. The van der Waals surface area contributed by atoms with Crippen LogP contribution in [0.3, 0.4) is 0 Å². The quantitative estimate of drug-likeness (QED) is 0.819. The predicted molar refractivity (Wildman–Crippen MR) is 72.5 cm³/mol. The molecule has 18 heavy (non-hydrogen) atoms. The number of nitrogens with one attached hydrogen (secondary N) is 1. The standard InChI is InChI=1S/C12H25N3O2S/c1-11-5-3-7-14(10-11)18(16,17)15-8-4-6-12(15)9-13-2/h11-13H,3-10H2,1-2H3/t11-,12+/m1/s1. The van der Waals surface area contributed by atoms with Crippen LogP contribution < -0.4 is 5.32 Å². The minimum Gasteiger partial charge on any atom is -0.318 e. The maximum Gasteiger partial charge on any atom is 0.282 e. The van der Waals surface area contributed by atoms with Crippen molar-refractivity contribution >= 4 is 10.2 Å². The highest BCUT2D eigenvalue weighted by molar-refractivity contribution is 7.86. The number of piperidine rings is 1. The van der Waals surface area contributed by atoms with Crippen LogP contribution in [-0.4, -0.2) is 56.3 Å². The minimum atomic E-state index is -3.24. The lowest BCUT2D eigenvalue weighted by Crippen LogP contribution is -2.50. The third kappa shape index (κ3) is 2.87. The van der Waals surface area contributed by atoms with Crippen LogP contribution >= 0.6 is 0 Å². The molecule has 2 atom stereocenters. The van der Waals surface area contributed by atoms with E-state index in [9.17, 15) is 8.42 Å². The van der Waals surface area contributed by atoms with E-state index >= 15 is 0 Å². The molecule has 2 aliphatic rings. The van der Waals surface area contributed by atoms with Crippen LogP contribution in [0.1, 0.15) is 32.6 Å². The van der Waals surface area contributed by atoms with E-state index in [0.717, 1.165) is 32.2 Å². The second kappa shape index (κ2) is 5.86. The molecule has 106 valence electrons. The van der Waals surface area contributed by atoms with E-state index in [-0.39, 0.29) is 6.04 Å². The fourth-order valence-corrected chi connectivity index (χ4v) is 5.07. The van der Waals surface area contributed by atoms with Crippen LogP contribution in [-0.2, 0) is 10.2 Å². The van der Waals surface area contributed by atoms with Gasteiger partial charge in [-0.05, 0) is 38.6 Å². The Hall–Kier alpha value is -0.170. The largest absolute Gasteiger partial charge is 0.318 e. The molecule has 0 spiro atoms. The third-order valence-corrected chi connectivity index (χ3v) is 6.06. The van der Waals surface area contributed by atoms with Gasteiger partial charge in [-0.25, -0.2) is 0 Å². The molecule has 5 nitrogen and oxygen atoms in total. The smallest absolute Gasteiger partial charge is 0.282 e. The van der Waals surface area contributed by atoms with Gasteiger partial charge in [0.05, 0.1) is 0 Å². The van der Waals surface area contributed by atoms with Gasteiger partial charge < -0.3 is 5.32 Å². The normalized spacial score (nSPS) is 31.9. The topological polar surface area (TPSA) is 52.7 Å². The molecule has 0 saturated carbocycles. The van der Waals surface area contributed by atoms with Crippen molar-refractivity contribution in [3.8, 4) is 0 Å². The zero-order chi connectivity index (χ0) is 13.2. The van der Waals surface area contributed by atoms with Gasteiger partial charge in [-0.1, -0.05) is 6.92 Å². The van der Waals surface area contributed by atoms with Crippen molar-refractivity contribution in [3.05, 3.63) is 0 Å². The van der Waals surface area contributed by atoms with E-state index in [1.807, 2.05) is 7.05 Å². The Bertz CT molecular complexity index is 372. The number of hydrogen-bond donors (Lipinski definition) is 1. The summed E-state index contributed by atoms with van der Waals surface area (Å²) in [6.45, 7) is 4.94. The monoisotopic (exact) mass is 275 g/mol. The second-order valence-corrected chi connectivity index (χ2v) is 7.46. The molecule has 0 unspecified atom stereocenters. The lowest BCUT2D eigenvalue weighted by molar-refractivity contribution is 0.253. The summed E-state index contributed by atoms with van der Waals surface area (Å²) in [4.78, 5) is 0. The maximum atomic E-state index is 12.6. The highest BCUT2D eigenvalue weighted by Gasteiger charge is 2.38. The number of likely N-dealkylation sites (N-methyl/N-ethyl adjacent to an activating group) is 1. The molecule has 6 heteroatoms. The van der Waals surface area contributed by atoms with Gasteiger partial charge in [0.25, 0.3) is 10.2 Å². The van der Waals surface area contributed by atoms with Crippen LogP contribution in [0, 0.1) is 5.92 Å². The van der Waals surface area contributed by atoms with Gasteiger partial charge >= 0.3 is 0 Å². The average molecular weight is 275 g/mol. The van der Waals surface area contributed by atoms with E-state index in [0.29, 0.717) is 25.6 Å². The van der Waals surface area contributed by atoms with Crippen LogP contribution in [0.15, 0.2) is 0 Å². The second-order valence-electron chi connectivity index (χ2n) is 5.58. The first kappa shape index (κ1) is 14.2. The van der Waals surface area contributed by atoms with E-state index in [1.165, 1.54) is 0 Å². The Labute approximate surface area is 111 Å². The average Bonchev–Trinajstić information content (AvgIpc) is 2.78. The third-order valence-electron chi connectivity index (χ3n) is 4.01. The Kier molecular flexibility index (Phi) is 4.64. The molecule has 2 fully saturated rings. The zero-order valence-electron chi connectivity index (χ0n) is 11.4. The molecule has 0 amide bonds. The van der Waals surface area contributed by atoms with Gasteiger partial charge in [0.2, 0.25) is 0 Å². The summed E-state index contributed by atoms with van der Waals surface area (Å²) in [5.41, 5.74) is 0. The van der Waals surface area contributed by atoms with Gasteiger partial charge in [0.15, 0.2) is 0 Å². The van der Waals surface area contributed by atoms with Gasteiger partial charge in [0.1, 0.15) is 0 Å². The maximum absolute atomic E-state index is 12.6. The summed E-state index contributed by atoms with van der Waals surface area (Å²) in [6, 6.07) is 0.136. The summed E-state index contributed by atoms with van der Waals surface area (Å²) in [5.74, 6) is 0.485. The lowest BCUT2D eigenvalue weighted by Gasteiger charge is -2.35. The van der Waals surface area contributed by atoms with Gasteiger partial charge in [0, 0.05) is 32.2 Å². The molecule has 0 bridgehead atoms. The Balaban J connectivity index is 2.09. The van der Waals surface area contributed by atoms with Gasteiger partial charge in [-0.15, -0.1) is 0 Å². The van der Waals surface area contributed by atoms with Crippen LogP contribution in [0.5, 0.6) is 0 Å². The molecule has 0 radical (unpaired) electrons. The number of rotatable bonds is 4. The summed E-state index contributed by atoms with van der Waals surface area (Å²) in [7, 11) is -1.36. The minimum absolute atomic E-state index is 0.136. The van der Waals surface area contributed by atoms with E-state index < -0.39 is 10.2 Å². The zero-order valence-corrected chi connectivity index (χ0v) is 12.2. The van der Waals surface area contributed by atoms with Crippen molar-refractivity contribution in [1.29, 1.82) is 0 Å².